The van der Waals surface area contributed by atoms with Crippen molar-refractivity contribution in [3.63, 3.8) is 0 Å². The maximum atomic E-state index is 10.3. The van der Waals surface area contributed by atoms with E-state index in [0.29, 0.717) is 18.0 Å². The molecule has 1 aliphatic rings. The standard InChI is InChI=1S/C15H15NO3/c1-18-12-8-6-11(7-9-12)14-10-19-15-5-3-2-4-13(15)16(14)17/h2-9,14,17H,10H2,1H3. The molecule has 0 saturated carbocycles. The predicted molar refractivity (Wildman–Crippen MR) is 71.9 cm³/mol. The number of para-hydroxylation sites is 2. The van der Waals surface area contributed by atoms with Crippen LogP contribution in [0.2, 0.25) is 0 Å². The third-order valence-electron chi connectivity index (χ3n) is 3.30. The molecule has 0 saturated heterocycles. The lowest BCUT2D eigenvalue weighted by molar-refractivity contribution is 0.148. The van der Waals surface area contributed by atoms with Crippen LogP contribution < -0.4 is 14.5 Å². The summed E-state index contributed by atoms with van der Waals surface area (Å²) < 4.78 is 10.8. The molecular weight excluding hydrogens is 242 g/mol. The Bertz CT molecular complexity index is 568. The number of methoxy groups -OCH3 is 1. The zero-order valence-electron chi connectivity index (χ0n) is 10.6. The van der Waals surface area contributed by atoms with Crippen LogP contribution in [0.15, 0.2) is 48.5 Å². The van der Waals surface area contributed by atoms with Gasteiger partial charge in [0.2, 0.25) is 0 Å². The van der Waals surface area contributed by atoms with Gasteiger partial charge in [0, 0.05) is 0 Å². The van der Waals surface area contributed by atoms with Crippen molar-refractivity contribution in [3.8, 4) is 11.5 Å². The summed E-state index contributed by atoms with van der Waals surface area (Å²) in [4.78, 5) is 0. The van der Waals surface area contributed by atoms with Crippen LogP contribution in [-0.2, 0) is 0 Å². The van der Waals surface area contributed by atoms with Gasteiger partial charge in [-0.1, -0.05) is 24.3 Å². The molecular formula is C15H15NO3. The van der Waals surface area contributed by atoms with Gasteiger partial charge < -0.3 is 9.47 Å². The monoisotopic (exact) mass is 257 g/mol. The first kappa shape index (κ1) is 11.9. The van der Waals surface area contributed by atoms with Crippen molar-refractivity contribution in [2.45, 2.75) is 6.04 Å². The molecule has 1 N–H and O–H groups in total. The van der Waals surface area contributed by atoms with Gasteiger partial charge in [0.1, 0.15) is 29.8 Å². The number of nitrogens with zero attached hydrogens (tertiary/aromatic N) is 1. The minimum atomic E-state index is -0.208. The summed E-state index contributed by atoms with van der Waals surface area (Å²) in [5, 5.41) is 11.6. The molecule has 0 fully saturated rings. The summed E-state index contributed by atoms with van der Waals surface area (Å²) in [5.74, 6) is 1.50. The number of anilines is 1. The summed E-state index contributed by atoms with van der Waals surface area (Å²) >= 11 is 0. The van der Waals surface area contributed by atoms with E-state index < -0.39 is 0 Å². The summed E-state index contributed by atoms with van der Waals surface area (Å²) in [6.45, 7) is 0.417. The van der Waals surface area contributed by atoms with Crippen molar-refractivity contribution in [2.24, 2.45) is 0 Å². The molecule has 1 heterocycles. The molecule has 0 bridgehead atoms. The highest BCUT2D eigenvalue weighted by Crippen LogP contribution is 2.37. The molecule has 0 aromatic heterocycles. The first-order chi connectivity index (χ1) is 9.29. The van der Waals surface area contributed by atoms with E-state index in [1.165, 1.54) is 5.06 Å². The van der Waals surface area contributed by atoms with E-state index in [4.69, 9.17) is 9.47 Å². The molecule has 1 aliphatic heterocycles. The SMILES string of the molecule is COc1ccc(C2COc3ccccc3N2O)cc1. The number of fused-ring (bicyclic) bond motifs is 1. The Balaban J connectivity index is 1.90. The van der Waals surface area contributed by atoms with Crippen molar-refractivity contribution in [3.05, 3.63) is 54.1 Å². The number of rotatable bonds is 2. The average Bonchev–Trinajstić information content (AvgIpc) is 2.48. The molecule has 0 spiro atoms. The first-order valence-electron chi connectivity index (χ1n) is 6.13. The summed E-state index contributed by atoms with van der Waals surface area (Å²) in [6, 6.07) is 14.9. The Labute approximate surface area is 111 Å². The van der Waals surface area contributed by atoms with E-state index in [-0.39, 0.29) is 6.04 Å². The lowest BCUT2D eigenvalue weighted by atomic mass is 10.1. The van der Waals surface area contributed by atoms with E-state index in [0.717, 1.165) is 11.3 Å². The Kier molecular flexibility index (Phi) is 3.01. The molecule has 0 radical (unpaired) electrons. The number of hydrogen-bond acceptors (Lipinski definition) is 4. The van der Waals surface area contributed by atoms with Crippen LogP contribution in [0.25, 0.3) is 0 Å². The first-order valence-corrected chi connectivity index (χ1v) is 6.13. The highest BCUT2D eigenvalue weighted by molar-refractivity contribution is 5.59. The fraction of sp³-hybridized carbons (Fsp3) is 0.200. The van der Waals surface area contributed by atoms with Gasteiger partial charge in [-0.2, -0.15) is 0 Å². The van der Waals surface area contributed by atoms with E-state index in [1.54, 1.807) is 7.11 Å². The number of benzene rings is 2. The van der Waals surface area contributed by atoms with Crippen molar-refractivity contribution in [2.75, 3.05) is 18.8 Å². The Morgan fingerprint density at radius 2 is 1.89 bits per heavy atom. The van der Waals surface area contributed by atoms with Crippen LogP contribution in [-0.4, -0.2) is 18.9 Å². The van der Waals surface area contributed by atoms with E-state index in [1.807, 2.05) is 48.5 Å². The average molecular weight is 257 g/mol. The Morgan fingerprint density at radius 1 is 1.16 bits per heavy atom. The van der Waals surface area contributed by atoms with Gasteiger partial charge in [0.25, 0.3) is 0 Å². The fourth-order valence-corrected chi connectivity index (χ4v) is 2.24. The second-order valence-electron chi connectivity index (χ2n) is 4.41. The molecule has 2 aromatic rings. The zero-order valence-corrected chi connectivity index (χ0v) is 10.6. The summed E-state index contributed by atoms with van der Waals surface area (Å²) in [7, 11) is 1.63. The van der Waals surface area contributed by atoms with Crippen molar-refractivity contribution >= 4 is 5.69 Å². The third-order valence-corrected chi connectivity index (χ3v) is 3.30. The largest absolute Gasteiger partial charge is 0.497 e. The van der Waals surface area contributed by atoms with Gasteiger partial charge in [-0.3, -0.25) is 5.21 Å². The van der Waals surface area contributed by atoms with Crippen LogP contribution in [0.5, 0.6) is 11.5 Å². The lowest BCUT2D eigenvalue weighted by Crippen LogP contribution is -2.33. The molecule has 3 rings (SSSR count). The van der Waals surface area contributed by atoms with Gasteiger partial charge in [-0.05, 0) is 29.8 Å². The van der Waals surface area contributed by atoms with Crippen LogP contribution in [0.3, 0.4) is 0 Å². The van der Waals surface area contributed by atoms with E-state index in [9.17, 15) is 5.21 Å². The molecule has 98 valence electrons. The molecule has 1 unspecified atom stereocenters. The van der Waals surface area contributed by atoms with Crippen molar-refractivity contribution in [1.82, 2.24) is 0 Å². The van der Waals surface area contributed by atoms with Gasteiger partial charge >= 0.3 is 0 Å². The molecule has 19 heavy (non-hydrogen) atoms. The third kappa shape index (κ3) is 2.11. The minimum absolute atomic E-state index is 0.208. The molecule has 0 amide bonds. The normalized spacial score (nSPS) is 17.6. The molecule has 2 aromatic carbocycles. The number of ether oxygens (including phenoxy) is 2. The van der Waals surface area contributed by atoms with Gasteiger partial charge in [-0.15, -0.1) is 0 Å². The minimum Gasteiger partial charge on any atom is -0.497 e. The van der Waals surface area contributed by atoms with E-state index in [2.05, 4.69) is 0 Å². The highest BCUT2D eigenvalue weighted by atomic mass is 16.5. The topological polar surface area (TPSA) is 41.9 Å². The lowest BCUT2D eigenvalue weighted by Gasteiger charge is -2.33. The van der Waals surface area contributed by atoms with Gasteiger partial charge in [-0.25, -0.2) is 5.06 Å². The summed E-state index contributed by atoms with van der Waals surface area (Å²) in [6.07, 6.45) is 0. The smallest absolute Gasteiger partial charge is 0.145 e. The van der Waals surface area contributed by atoms with Crippen molar-refractivity contribution < 1.29 is 14.7 Å². The van der Waals surface area contributed by atoms with Crippen molar-refractivity contribution in [1.29, 1.82) is 0 Å². The Morgan fingerprint density at radius 3 is 2.63 bits per heavy atom. The number of hydroxylamine groups is 1. The van der Waals surface area contributed by atoms with Crippen LogP contribution in [0.1, 0.15) is 11.6 Å². The number of hydrogen-bond donors (Lipinski definition) is 1. The second kappa shape index (κ2) is 4.82. The van der Waals surface area contributed by atoms with Gasteiger partial charge in [0.05, 0.1) is 7.11 Å². The van der Waals surface area contributed by atoms with Crippen LogP contribution in [0.4, 0.5) is 5.69 Å². The van der Waals surface area contributed by atoms with E-state index >= 15 is 0 Å². The fourth-order valence-electron chi connectivity index (χ4n) is 2.24. The molecule has 0 aliphatic carbocycles. The summed E-state index contributed by atoms with van der Waals surface area (Å²) in [5.41, 5.74) is 1.67. The quantitative estimate of drug-likeness (QED) is 0.898. The van der Waals surface area contributed by atoms with Gasteiger partial charge in [0.15, 0.2) is 0 Å². The van der Waals surface area contributed by atoms with Crippen LogP contribution >= 0.6 is 0 Å². The Hall–Kier alpha value is -2.20. The highest BCUT2D eigenvalue weighted by Gasteiger charge is 2.27. The molecule has 1 atom stereocenters. The molecule has 4 heteroatoms. The molecule has 4 nitrogen and oxygen atoms in total. The zero-order chi connectivity index (χ0) is 13.2. The predicted octanol–water partition coefficient (Wildman–Crippen LogP) is 3.02. The van der Waals surface area contributed by atoms with Crippen LogP contribution in [0, 0.1) is 0 Å². The maximum Gasteiger partial charge on any atom is 0.145 e. The second-order valence-corrected chi connectivity index (χ2v) is 4.41. The maximum absolute atomic E-state index is 10.3.